The van der Waals surface area contributed by atoms with Gasteiger partial charge in [0, 0.05) is 115 Å². The lowest BCUT2D eigenvalue weighted by Crippen LogP contribution is -2.61. The molecule has 1 saturated carbocycles. The molecule has 504 valence electrons. The second kappa shape index (κ2) is 34.2. The van der Waals surface area contributed by atoms with Crippen LogP contribution in [-0.4, -0.2) is 196 Å². The third kappa shape index (κ3) is 19.5. The van der Waals surface area contributed by atoms with Crippen LogP contribution in [0.25, 0.3) is 0 Å². The van der Waals surface area contributed by atoms with Crippen LogP contribution in [0.4, 0.5) is 17.7 Å². The summed E-state index contributed by atoms with van der Waals surface area (Å²) >= 11 is 0. The highest BCUT2D eigenvalue weighted by Crippen LogP contribution is 2.38. The van der Waals surface area contributed by atoms with E-state index in [0.717, 1.165) is 23.1 Å². The van der Waals surface area contributed by atoms with E-state index in [1.807, 2.05) is 58.1 Å². The molecule has 2 aromatic rings. The van der Waals surface area contributed by atoms with Gasteiger partial charge in [0.2, 0.25) is 17.7 Å². The minimum Gasteiger partial charge on any atom is -0.460 e. The summed E-state index contributed by atoms with van der Waals surface area (Å²) in [4.78, 5) is 86.4. The van der Waals surface area contributed by atoms with E-state index in [2.05, 4.69) is 41.8 Å². The van der Waals surface area contributed by atoms with Gasteiger partial charge in [0.25, 0.3) is 11.7 Å². The molecule has 0 aromatic carbocycles. The van der Waals surface area contributed by atoms with Crippen LogP contribution >= 0.6 is 0 Å². The van der Waals surface area contributed by atoms with Gasteiger partial charge in [-0.25, -0.2) is 19.7 Å². The Labute approximate surface area is 537 Å². The van der Waals surface area contributed by atoms with E-state index < -0.39 is 84.1 Å². The molecule has 0 radical (unpaired) electrons. The van der Waals surface area contributed by atoms with Gasteiger partial charge in [-0.15, -0.1) is 0 Å². The number of hydrogen-bond acceptors (Lipinski definition) is 22. The molecule has 91 heavy (non-hydrogen) atoms. The number of fused-ring (bicyclic) bond motifs is 3. The first-order valence-electron chi connectivity index (χ1n) is 32.8. The molecular weight excluding hydrogens is 1170 g/mol. The summed E-state index contributed by atoms with van der Waals surface area (Å²) in [5.41, 5.74) is 9.37. The number of amides is 1. The molecule has 0 unspecified atom stereocenters. The molecule has 23 heteroatoms. The number of cyclic esters (lactones) is 1. The Balaban J connectivity index is 1.11. The first-order chi connectivity index (χ1) is 43.4. The number of rotatable bonds is 14. The number of carbonyl (C=O) groups is 4. The molecule has 0 spiro atoms. The van der Waals surface area contributed by atoms with Gasteiger partial charge in [-0.2, -0.15) is 4.98 Å². The number of allylic oxidation sites excluding steroid dienone is 5. The number of ketones is 2. The van der Waals surface area contributed by atoms with Crippen LogP contribution in [0.15, 0.2) is 71.3 Å². The second-order valence-corrected chi connectivity index (χ2v) is 26.3. The lowest BCUT2D eigenvalue weighted by molar-refractivity contribution is -0.265. The number of anilines is 3. The van der Waals surface area contributed by atoms with Crippen molar-refractivity contribution in [1.29, 1.82) is 0 Å². The summed E-state index contributed by atoms with van der Waals surface area (Å²) in [7, 11) is 4.63. The predicted molar refractivity (Wildman–Crippen MR) is 345 cm³/mol. The zero-order valence-corrected chi connectivity index (χ0v) is 55.5. The number of nitrogens with zero attached hydrogens (tertiary/aromatic N) is 8. The molecule has 2 aromatic heterocycles. The number of methoxy groups -OCH3 is 3. The molecule has 5 aliphatic rings. The number of piperidine rings is 1. The summed E-state index contributed by atoms with van der Waals surface area (Å²) < 4.78 is 30.3. The van der Waals surface area contributed by atoms with Crippen LogP contribution in [0, 0.1) is 42.4 Å². The van der Waals surface area contributed by atoms with E-state index in [9.17, 15) is 39.6 Å². The molecule has 3 saturated heterocycles. The zero-order valence-electron chi connectivity index (χ0n) is 55.5. The SMILES string of the molecule is CO[C@H]1C[C@@H]2CC[C@@H](C)[C@@](O)(O2)C(=O)C(=O)N2CCCC[C@H]2C(=O)O[C@H]([C@H](C)C[C@@H]2CC[C@@H](O)[C@H](OC)C2)C[C@@H](O)[C@H](C)/C=C(\C)[C@@H](O)[C@@H](OC)C(=NOCC(=O)CCc2cnc(N3CCN(c4ncc(C)c(N)n4)CC3)nc2)[C@H](C)C[C@H](C)/C=C/C=C/C=C/1C. The maximum absolute atomic E-state index is 14.7. The Morgan fingerprint density at radius 3 is 2.19 bits per heavy atom. The van der Waals surface area contributed by atoms with Gasteiger partial charge in [-0.1, -0.05) is 76.2 Å². The van der Waals surface area contributed by atoms with Crippen molar-refractivity contribution in [1.82, 2.24) is 24.8 Å². The number of piperazine rings is 1. The molecule has 4 fully saturated rings. The number of aliphatic hydroxyl groups is 4. The van der Waals surface area contributed by atoms with Crippen LogP contribution in [-0.2, 0) is 54.1 Å². The number of oxime groups is 1. The summed E-state index contributed by atoms with van der Waals surface area (Å²) in [5, 5.41) is 51.7. The maximum atomic E-state index is 14.7. The second-order valence-electron chi connectivity index (χ2n) is 26.3. The van der Waals surface area contributed by atoms with Gasteiger partial charge in [-0.3, -0.25) is 14.4 Å². The van der Waals surface area contributed by atoms with E-state index in [4.69, 9.17) is 34.3 Å². The molecule has 7 rings (SSSR count). The Morgan fingerprint density at radius 2 is 1.51 bits per heavy atom. The van der Waals surface area contributed by atoms with Crippen LogP contribution in [0.3, 0.4) is 0 Å². The smallest absolute Gasteiger partial charge is 0.329 e. The molecular formula is C68H103N9O14. The van der Waals surface area contributed by atoms with Crippen molar-refractivity contribution in [2.45, 2.75) is 206 Å². The number of aliphatic hydroxyl groups excluding tert-OH is 3. The molecule has 6 heterocycles. The van der Waals surface area contributed by atoms with Gasteiger partial charge >= 0.3 is 5.97 Å². The minimum atomic E-state index is -2.45. The van der Waals surface area contributed by atoms with Crippen molar-refractivity contribution in [2.24, 2.45) is 40.7 Å². The highest BCUT2D eigenvalue weighted by Gasteiger charge is 2.53. The summed E-state index contributed by atoms with van der Waals surface area (Å²) in [5.74, 6) is -5.77. The highest BCUT2D eigenvalue weighted by molar-refractivity contribution is 6.39. The van der Waals surface area contributed by atoms with Gasteiger partial charge in [-0.05, 0) is 126 Å². The fourth-order valence-electron chi connectivity index (χ4n) is 13.3. The number of nitrogens with two attached hydrogens (primary N) is 1. The van der Waals surface area contributed by atoms with E-state index in [1.165, 1.54) is 12.0 Å². The third-order valence-electron chi connectivity index (χ3n) is 19.3. The maximum Gasteiger partial charge on any atom is 0.329 e. The molecule has 23 nitrogen and oxygen atoms in total. The average Bonchev–Trinajstić information content (AvgIpc) is 0.864. The highest BCUT2D eigenvalue weighted by atomic mass is 16.6. The fourth-order valence-corrected chi connectivity index (χ4v) is 13.3. The predicted octanol–water partition coefficient (Wildman–Crippen LogP) is 6.78. The van der Waals surface area contributed by atoms with Crippen molar-refractivity contribution in [3.05, 3.63) is 77.3 Å². The van der Waals surface area contributed by atoms with E-state index in [0.29, 0.717) is 119 Å². The van der Waals surface area contributed by atoms with Gasteiger partial charge in [0.15, 0.2) is 12.4 Å². The normalized spacial score (nSPS) is 34.4. The molecule has 1 amide bonds. The van der Waals surface area contributed by atoms with E-state index >= 15 is 0 Å². The number of Topliss-reactive ketones (excluding diaryl/α,β-unsaturated/α-hetero) is 2. The van der Waals surface area contributed by atoms with Crippen molar-refractivity contribution in [3.63, 3.8) is 0 Å². The van der Waals surface area contributed by atoms with Crippen LogP contribution in [0.1, 0.15) is 143 Å². The lowest BCUT2D eigenvalue weighted by Gasteiger charge is -2.43. The van der Waals surface area contributed by atoms with E-state index in [1.54, 1.807) is 59.7 Å². The molecule has 1 aliphatic carbocycles. The number of esters is 1. The van der Waals surface area contributed by atoms with Crippen molar-refractivity contribution in [3.8, 4) is 0 Å². The van der Waals surface area contributed by atoms with Crippen molar-refractivity contribution < 1.29 is 68.1 Å². The zero-order chi connectivity index (χ0) is 66.1. The first-order valence-corrected chi connectivity index (χ1v) is 32.8. The standard InChI is InChI=1S/C68H103N9O14/c1-41-17-13-12-14-18-42(2)56(86-9)35-52-24-20-48(8)68(85,91-52)62(82)64(83)77-26-16-15-19-53(77)65(84)90-57(44(4)33-49-22-25-54(79)58(34-49)87-10)36-55(80)43(3)32-46(6)60(81)61(88-11)59(45(5)31-41)74-89-40-51(78)23-21-50-38-71-66(72-39-50)75-27-29-76(30-28-75)67-70-37-47(7)63(69)73-67/h12-14,17-18,32,37-39,41,43-45,48-49,52-58,60-61,79-81,85H,15-16,19-31,33-36,40H2,1-11H3,(H2,69,70,73)/b14-12+,17-13+,42-18+,46-32+,74-59?/t41-,43-,44-,45-,48-,49+,52+,53+,54-,55-,56+,57+,58-,60-,61+,68-/m1/s1. The number of aromatic nitrogens is 4. The van der Waals surface area contributed by atoms with Gasteiger partial charge in [0.1, 0.15) is 30.2 Å². The Hall–Kier alpha value is -6.05. The molecule has 16 atom stereocenters. The third-order valence-corrected chi connectivity index (χ3v) is 19.3. The Morgan fingerprint density at radius 1 is 0.802 bits per heavy atom. The van der Waals surface area contributed by atoms with Crippen LogP contribution in [0.5, 0.6) is 0 Å². The largest absolute Gasteiger partial charge is 0.460 e. The van der Waals surface area contributed by atoms with Crippen molar-refractivity contribution >= 4 is 46.9 Å². The molecule has 6 N–H and O–H groups in total. The van der Waals surface area contributed by atoms with E-state index in [-0.39, 0.29) is 68.0 Å². The number of aryl methyl sites for hydroxylation is 2. The first kappa shape index (κ1) is 72.4. The quantitative estimate of drug-likeness (QED) is 0.0564. The Kier molecular flexibility index (Phi) is 27.2. The fraction of sp³-hybridized carbons (Fsp3) is 0.691. The number of ether oxygens (including phenoxy) is 5. The minimum absolute atomic E-state index is 0.0115. The van der Waals surface area contributed by atoms with Crippen molar-refractivity contribution in [2.75, 3.05) is 76.2 Å². The topological polar surface area (TPSA) is 304 Å². The number of hydrogen-bond donors (Lipinski definition) is 5. The summed E-state index contributed by atoms with van der Waals surface area (Å²) in [6.45, 7) is 17.4. The number of carbonyl (C=O) groups excluding carboxylic acids is 4. The summed E-state index contributed by atoms with van der Waals surface area (Å²) in [6, 6.07) is -1.15. The number of nitrogen functional groups attached to an aromatic ring is 1. The molecule has 4 aliphatic heterocycles. The monoisotopic (exact) mass is 1270 g/mol. The average molecular weight is 1270 g/mol. The lowest BCUT2D eigenvalue weighted by atomic mass is 9.78. The Bertz CT molecular complexity index is 2880. The van der Waals surface area contributed by atoms with Gasteiger partial charge in [0.05, 0.1) is 36.2 Å². The molecule has 2 bridgehead atoms. The van der Waals surface area contributed by atoms with Crippen LogP contribution in [0.2, 0.25) is 0 Å². The summed E-state index contributed by atoms with van der Waals surface area (Å²) in [6.07, 6.45) is 16.4. The van der Waals surface area contributed by atoms with Crippen LogP contribution < -0.4 is 15.5 Å². The van der Waals surface area contributed by atoms with Gasteiger partial charge < -0.3 is 69.4 Å².